The lowest BCUT2D eigenvalue weighted by atomic mass is 10.1. The first-order chi connectivity index (χ1) is 8.27. The lowest BCUT2D eigenvalue weighted by Crippen LogP contribution is -2.36. The Hall–Kier alpha value is -1.29. The van der Waals surface area contributed by atoms with E-state index < -0.39 is 0 Å². The number of nitrogens with one attached hydrogen (secondary N) is 2. The van der Waals surface area contributed by atoms with Gasteiger partial charge in [-0.15, -0.1) is 0 Å². The fraction of sp³-hybridized carbons (Fsp3) is 0.462. The van der Waals surface area contributed by atoms with Gasteiger partial charge in [0.2, 0.25) is 0 Å². The normalized spacial score (nSPS) is 9.76. The highest BCUT2D eigenvalue weighted by Gasteiger charge is 2.01. The van der Waals surface area contributed by atoms with Gasteiger partial charge in [0.25, 0.3) is 0 Å². The number of hydrogen-bond acceptors (Lipinski definition) is 2. The average molecular weight is 252 g/mol. The zero-order chi connectivity index (χ0) is 12.5. The van der Waals surface area contributed by atoms with Gasteiger partial charge in [-0.3, -0.25) is 0 Å². The van der Waals surface area contributed by atoms with Crippen molar-refractivity contribution in [3.05, 3.63) is 29.8 Å². The van der Waals surface area contributed by atoms with Gasteiger partial charge >= 0.3 is 0 Å². The van der Waals surface area contributed by atoms with Gasteiger partial charge in [0.15, 0.2) is 5.11 Å². The topological polar surface area (TPSA) is 33.3 Å². The van der Waals surface area contributed by atoms with Gasteiger partial charge in [-0.25, -0.2) is 0 Å². The largest absolute Gasteiger partial charge is 0.496 e. The maximum absolute atomic E-state index is 5.29. The van der Waals surface area contributed by atoms with Crippen LogP contribution in [0.4, 0.5) is 0 Å². The van der Waals surface area contributed by atoms with E-state index in [1.54, 1.807) is 7.11 Å². The molecule has 4 heteroatoms. The highest BCUT2D eigenvalue weighted by Crippen LogP contribution is 2.17. The van der Waals surface area contributed by atoms with Crippen LogP contribution in [0.3, 0.4) is 0 Å². The minimum Gasteiger partial charge on any atom is -0.496 e. The van der Waals surface area contributed by atoms with Crippen molar-refractivity contribution in [2.45, 2.75) is 19.8 Å². The minimum absolute atomic E-state index is 0.724. The first-order valence-corrected chi connectivity index (χ1v) is 6.32. The molecule has 0 saturated carbocycles. The summed E-state index contributed by atoms with van der Waals surface area (Å²) in [5.74, 6) is 0.932. The van der Waals surface area contributed by atoms with Crippen LogP contribution in [0.1, 0.15) is 18.9 Å². The zero-order valence-electron chi connectivity index (χ0n) is 10.5. The molecule has 1 aromatic rings. The van der Waals surface area contributed by atoms with E-state index >= 15 is 0 Å². The van der Waals surface area contributed by atoms with Crippen molar-refractivity contribution in [3.63, 3.8) is 0 Å². The van der Waals surface area contributed by atoms with Crippen LogP contribution in [0, 0.1) is 0 Å². The van der Waals surface area contributed by atoms with Crippen molar-refractivity contribution < 1.29 is 4.74 Å². The Morgan fingerprint density at radius 1 is 1.24 bits per heavy atom. The summed E-state index contributed by atoms with van der Waals surface area (Å²) >= 11 is 5.14. The van der Waals surface area contributed by atoms with E-state index in [-0.39, 0.29) is 0 Å². The molecular weight excluding hydrogens is 232 g/mol. The number of rotatable bonds is 6. The van der Waals surface area contributed by atoms with Crippen molar-refractivity contribution in [2.24, 2.45) is 0 Å². The number of benzene rings is 1. The molecule has 2 N–H and O–H groups in total. The maximum Gasteiger partial charge on any atom is 0.166 e. The van der Waals surface area contributed by atoms with E-state index in [0.29, 0.717) is 0 Å². The molecule has 0 radical (unpaired) electrons. The van der Waals surface area contributed by atoms with Gasteiger partial charge in [0.05, 0.1) is 7.11 Å². The highest BCUT2D eigenvalue weighted by atomic mass is 32.1. The van der Waals surface area contributed by atoms with Crippen molar-refractivity contribution in [2.75, 3.05) is 20.2 Å². The van der Waals surface area contributed by atoms with E-state index in [9.17, 15) is 0 Å². The predicted molar refractivity (Wildman–Crippen MR) is 75.6 cm³/mol. The highest BCUT2D eigenvalue weighted by molar-refractivity contribution is 7.80. The summed E-state index contributed by atoms with van der Waals surface area (Å²) in [6.07, 6.45) is 1.98. The summed E-state index contributed by atoms with van der Waals surface area (Å²) in [6.45, 7) is 3.85. The molecule has 0 aromatic heterocycles. The molecule has 1 aromatic carbocycles. The standard InChI is InChI=1S/C13H20N2OS/c1-3-9-14-13(17)15-10-8-11-6-4-5-7-12(11)16-2/h4-7H,3,8-10H2,1-2H3,(H2,14,15,17). The second kappa shape index (κ2) is 7.90. The number of para-hydroxylation sites is 1. The molecule has 0 spiro atoms. The number of methoxy groups -OCH3 is 1. The fourth-order valence-corrected chi connectivity index (χ4v) is 1.73. The van der Waals surface area contributed by atoms with Crippen LogP contribution in [0.15, 0.2) is 24.3 Å². The Morgan fingerprint density at radius 2 is 1.94 bits per heavy atom. The summed E-state index contributed by atoms with van der Waals surface area (Å²) in [4.78, 5) is 0. The van der Waals surface area contributed by atoms with Gasteiger partial charge < -0.3 is 15.4 Å². The molecular formula is C13H20N2OS. The van der Waals surface area contributed by atoms with Crippen LogP contribution in [0.25, 0.3) is 0 Å². The predicted octanol–water partition coefficient (Wildman–Crippen LogP) is 2.11. The summed E-state index contributed by atoms with van der Waals surface area (Å²) in [6, 6.07) is 8.04. The minimum atomic E-state index is 0.724. The van der Waals surface area contributed by atoms with Gasteiger partial charge in [-0.1, -0.05) is 25.1 Å². The van der Waals surface area contributed by atoms with Crippen LogP contribution in [-0.4, -0.2) is 25.3 Å². The van der Waals surface area contributed by atoms with Gasteiger partial charge in [0.1, 0.15) is 5.75 Å². The Bertz CT molecular complexity index is 355. The number of hydrogen-bond donors (Lipinski definition) is 2. The molecule has 0 heterocycles. The van der Waals surface area contributed by atoms with E-state index in [4.69, 9.17) is 17.0 Å². The third-order valence-corrected chi connectivity index (χ3v) is 2.70. The summed E-state index contributed by atoms with van der Waals surface area (Å²) in [5, 5.41) is 7.04. The van der Waals surface area contributed by atoms with Gasteiger partial charge in [0, 0.05) is 13.1 Å². The first-order valence-electron chi connectivity index (χ1n) is 5.91. The lowest BCUT2D eigenvalue weighted by molar-refractivity contribution is 0.409. The van der Waals surface area contributed by atoms with Crippen LogP contribution in [0.5, 0.6) is 5.75 Å². The molecule has 1 rings (SSSR count). The van der Waals surface area contributed by atoms with Crippen LogP contribution >= 0.6 is 12.2 Å². The molecule has 17 heavy (non-hydrogen) atoms. The molecule has 0 bridgehead atoms. The monoisotopic (exact) mass is 252 g/mol. The van der Waals surface area contributed by atoms with Crippen molar-refractivity contribution in [1.29, 1.82) is 0 Å². The Balaban J connectivity index is 2.33. The van der Waals surface area contributed by atoms with Crippen molar-refractivity contribution >= 4 is 17.3 Å². The molecule has 0 atom stereocenters. The smallest absolute Gasteiger partial charge is 0.166 e. The molecule has 0 aliphatic heterocycles. The molecule has 3 nitrogen and oxygen atoms in total. The molecule has 0 unspecified atom stereocenters. The zero-order valence-corrected chi connectivity index (χ0v) is 11.3. The van der Waals surface area contributed by atoms with Crippen LogP contribution in [0.2, 0.25) is 0 Å². The van der Waals surface area contributed by atoms with Crippen LogP contribution in [-0.2, 0) is 6.42 Å². The summed E-state index contributed by atoms with van der Waals surface area (Å²) in [7, 11) is 1.69. The van der Waals surface area contributed by atoms with Gasteiger partial charge in [-0.05, 0) is 36.7 Å². The Kier molecular flexibility index (Phi) is 6.40. The number of thiocarbonyl (C=S) groups is 1. The molecule has 0 aliphatic rings. The molecule has 0 aliphatic carbocycles. The fourth-order valence-electron chi connectivity index (χ4n) is 1.52. The number of ether oxygens (including phenoxy) is 1. The lowest BCUT2D eigenvalue weighted by Gasteiger charge is -2.11. The van der Waals surface area contributed by atoms with E-state index in [2.05, 4.69) is 23.6 Å². The molecule has 0 amide bonds. The third-order valence-electron chi connectivity index (χ3n) is 2.41. The molecule has 0 saturated heterocycles. The summed E-state index contributed by atoms with van der Waals surface area (Å²) in [5.41, 5.74) is 1.20. The average Bonchev–Trinajstić information content (AvgIpc) is 2.37. The maximum atomic E-state index is 5.29. The van der Waals surface area contributed by atoms with E-state index in [0.717, 1.165) is 36.8 Å². The Morgan fingerprint density at radius 3 is 2.65 bits per heavy atom. The van der Waals surface area contributed by atoms with Crippen LogP contribution < -0.4 is 15.4 Å². The van der Waals surface area contributed by atoms with Crippen molar-refractivity contribution in [1.82, 2.24) is 10.6 Å². The second-order valence-electron chi connectivity index (χ2n) is 3.74. The third kappa shape index (κ3) is 5.04. The Labute approximate surface area is 109 Å². The summed E-state index contributed by atoms with van der Waals surface area (Å²) < 4.78 is 5.29. The van der Waals surface area contributed by atoms with E-state index in [1.165, 1.54) is 5.56 Å². The van der Waals surface area contributed by atoms with Crippen molar-refractivity contribution in [3.8, 4) is 5.75 Å². The molecule has 0 fully saturated rings. The molecule has 94 valence electrons. The first kappa shape index (κ1) is 13.8. The quantitative estimate of drug-likeness (QED) is 0.760. The van der Waals surface area contributed by atoms with Gasteiger partial charge in [-0.2, -0.15) is 0 Å². The second-order valence-corrected chi connectivity index (χ2v) is 4.15. The SMILES string of the molecule is CCCNC(=S)NCCc1ccccc1OC. The van der Waals surface area contributed by atoms with E-state index in [1.807, 2.05) is 18.2 Å².